The normalized spacial score (nSPS) is 20.1. The predicted molar refractivity (Wildman–Crippen MR) is 137 cm³/mol. The lowest BCUT2D eigenvalue weighted by atomic mass is 9.72. The Morgan fingerprint density at radius 3 is 2.62 bits per heavy atom. The van der Waals surface area contributed by atoms with Crippen molar-refractivity contribution in [2.75, 3.05) is 26.7 Å². The zero-order chi connectivity index (χ0) is 26.8. The second-order valence-corrected chi connectivity index (χ2v) is 10.2. The summed E-state index contributed by atoms with van der Waals surface area (Å²) in [6.45, 7) is 3.65. The molecule has 0 unspecified atom stereocenters. The minimum Gasteiger partial charge on any atom is -0.493 e. The van der Waals surface area contributed by atoms with Gasteiger partial charge in [0.25, 0.3) is 5.91 Å². The number of amides is 3. The molecule has 2 aliphatic heterocycles. The van der Waals surface area contributed by atoms with Crippen LogP contribution < -0.4 is 10.5 Å². The molecular formula is C28H31N5O4. The van der Waals surface area contributed by atoms with E-state index < -0.39 is 22.7 Å². The summed E-state index contributed by atoms with van der Waals surface area (Å²) in [4.78, 5) is 41.5. The molecule has 4 rings (SSSR count). The number of hydrogen-bond donors (Lipinski definition) is 1. The van der Waals surface area contributed by atoms with E-state index in [0.717, 1.165) is 11.3 Å². The molecule has 3 amide bonds. The molecule has 0 spiro atoms. The van der Waals surface area contributed by atoms with Gasteiger partial charge in [-0.05, 0) is 30.2 Å². The molecule has 192 valence electrons. The number of primary amides is 1. The number of nitrogens with zero attached hydrogens (tertiary/aromatic N) is 4. The first-order valence-electron chi connectivity index (χ1n) is 12.2. The molecule has 2 heterocycles. The number of piperidine rings is 1. The van der Waals surface area contributed by atoms with Crippen molar-refractivity contribution in [2.24, 2.45) is 27.6 Å². The van der Waals surface area contributed by atoms with Crippen molar-refractivity contribution in [1.29, 1.82) is 5.26 Å². The molecule has 1 fully saturated rings. The molecule has 9 heteroatoms. The SMILES string of the molecule is CN1N=C2CCN(C(=O)[C@@H](COc3cccc(C#N)c3)C(C)(C)C(N)=O)C[C@@]2(Cc2ccccc2)C1=O. The number of carbonyl (C=O) groups is 3. The van der Waals surface area contributed by atoms with E-state index in [1.165, 1.54) is 5.01 Å². The Morgan fingerprint density at radius 2 is 1.95 bits per heavy atom. The van der Waals surface area contributed by atoms with Crippen LogP contribution in [0.25, 0.3) is 0 Å². The number of likely N-dealkylation sites (tertiary alicyclic amines) is 1. The van der Waals surface area contributed by atoms with Crippen LogP contribution in [-0.4, -0.2) is 60.1 Å². The summed E-state index contributed by atoms with van der Waals surface area (Å²) < 4.78 is 5.90. The van der Waals surface area contributed by atoms with Crippen LogP contribution >= 0.6 is 0 Å². The first kappa shape index (κ1) is 25.9. The molecule has 0 saturated carbocycles. The van der Waals surface area contributed by atoms with Crippen LogP contribution in [0.1, 0.15) is 31.4 Å². The van der Waals surface area contributed by atoms with E-state index in [1.807, 2.05) is 30.3 Å². The zero-order valence-corrected chi connectivity index (χ0v) is 21.3. The monoisotopic (exact) mass is 501 g/mol. The molecule has 2 aliphatic rings. The van der Waals surface area contributed by atoms with E-state index >= 15 is 0 Å². The second-order valence-electron chi connectivity index (χ2n) is 10.2. The number of benzene rings is 2. The van der Waals surface area contributed by atoms with Gasteiger partial charge in [0, 0.05) is 26.6 Å². The standard InChI is InChI=1S/C28H31N5O4/c1-27(2,25(30)35)22(17-37-21-11-7-10-20(14-21)16-29)24(34)33-13-12-23-28(18-33,26(36)32(3)31-23)15-19-8-5-4-6-9-19/h4-11,14,22H,12-13,15,17-18H2,1-3H3,(H2,30,35)/t22-,28-/m1/s1. The molecule has 0 aromatic heterocycles. The highest BCUT2D eigenvalue weighted by Crippen LogP contribution is 2.39. The van der Waals surface area contributed by atoms with E-state index in [0.29, 0.717) is 30.7 Å². The summed E-state index contributed by atoms with van der Waals surface area (Å²) >= 11 is 0. The third-order valence-electron chi connectivity index (χ3n) is 7.45. The quantitative estimate of drug-likeness (QED) is 0.594. The maximum absolute atomic E-state index is 14.0. The van der Waals surface area contributed by atoms with Gasteiger partial charge in [0.05, 0.1) is 28.7 Å². The van der Waals surface area contributed by atoms with Crippen molar-refractivity contribution in [1.82, 2.24) is 9.91 Å². The van der Waals surface area contributed by atoms with Crippen LogP contribution in [0.4, 0.5) is 0 Å². The lowest BCUT2D eigenvalue weighted by Gasteiger charge is -2.42. The average molecular weight is 502 g/mol. The number of ether oxygens (including phenoxy) is 1. The highest BCUT2D eigenvalue weighted by molar-refractivity contribution is 6.13. The average Bonchev–Trinajstić information content (AvgIpc) is 3.13. The van der Waals surface area contributed by atoms with E-state index in [1.54, 1.807) is 50.1 Å². The van der Waals surface area contributed by atoms with Crippen LogP contribution in [0.5, 0.6) is 5.75 Å². The minimum atomic E-state index is -1.22. The van der Waals surface area contributed by atoms with Crippen molar-refractivity contribution in [3.63, 3.8) is 0 Å². The molecule has 2 atom stereocenters. The summed E-state index contributed by atoms with van der Waals surface area (Å²) in [5, 5.41) is 15.0. The number of nitriles is 1. The highest BCUT2D eigenvalue weighted by atomic mass is 16.5. The molecule has 9 nitrogen and oxygen atoms in total. The third kappa shape index (κ3) is 4.92. The molecule has 2 N–H and O–H groups in total. The van der Waals surface area contributed by atoms with Crippen LogP contribution in [0, 0.1) is 28.1 Å². The summed E-state index contributed by atoms with van der Waals surface area (Å²) in [6, 6.07) is 18.3. The predicted octanol–water partition coefficient (Wildman–Crippen LogP) is 2.35. The molecule has 0 radical (unpaired) electrons. The largest absolute Gasteiger partial charge is 0.493 e. The summed E-state index contributed by atoms with van der Waals surface area (Å²) in [7, 11) is 1.63. The molecule has 0 aliphatic carbocycles. The van der Waals surface area contributed by atoms with Crippen LogP contribution in [-0.2, 0) is 20.8 Å². The fourth-order valence-electron chi connectivity index (χ4n) is 5.03. The Hall–Kier alpha value is -4.19. The van der Waals surface area contributed by atoms with Crippen molar-refractivity contribution in [3.8, 4) is 11.8 Å². The van der Waals surface area contributed by atoms with Crippen molar-refractivity contribution in [2.45, 2.75) is 26.7 Å². The lowest BCUT2D eigenvalue weighted by Crippen LogP contribution is -2.58. The summed E-state index contributed by atoms with van der Waals surface area (Å²) in [6.07, 6.45) is 0.865. The van der Waals surface area contributed by atoms with Gasteiger partial charge in [-0.3, -0.25) is 14.4 Å². The number of rotatable bonds is 8. The number of hydrazone groups is 1. The third-order valence-corrected chi connectivity index (χ3v) is 7.45. The van der Waals surface area contributed by atoms with Gasteiger partial charge in [-0.25, -0.2) is 5.01 Å². The van der Waals surface area contributed by atoms with Crippen molar-refractivity contribution in [3.05, 3.63) is 65.7 Å². The number of carbonyl (C=O) groups excluding carboxylic acids is 3. The zero-order valence-electron chi connectivity index (χ0n) is 21.3. The molecule has 2 aromatic carbocycles. The van der Waals surface area contributed by atoms with E-state index in [4.69, 9.17) is 10.5 Å². The van der Waals surface area contributed by atoms with Gasteiger partial charge in [-0.1, -0.05) is 50.2 Å². The number of hydrogen-bond acceptors (Lipinski definition) is 6. The summed E-state index contributed by atoms with van der Waals surface area (Å²) in [5.41, 5.74) is 5.70. The lowest BCUT2D eigenvalue weighted by molar-refractivity contribution is -0.149. The molecular weight excluding hydrogens is 470 g/mol. The Morgan fingerprint density at radius 1 is 1.22 bits per heavy atom. The van der Waals surface area contributed by atoms with E-state index in [-0.39, 0.29) is 25.0 Å². The Balaban J connectivity index is 1.62. The number of nitrogens with two attached hydrogens (primary N) is 1. The smallest absolute Gasteiger partial charge is 0.256 e. The molecule has 37 heavy (non-hydrogen) atoms. The fraction of sp³-hybridized carbons (Fsp3) is 0.393. The molecule has 0 bridgehead atoms. The van der Waals surface area contributed by atoms with Gasteiger partial charge in [-0.2, -0.15) is 10.4 Å². The Labute approximate surface area is 216 Å². The van der Waals surface area contributed by atoms with Crippen molar-refractivity contribution >= 4 is 23.4 Å². The number of fused-ring (bicyclic) bond motifs is 1. The maximum Gasteiger partial charge on any atom is 0.256 e. The van der Waals surface area contributed by atoms with Gasteiger partial charge in [0.2, 0.25) is 11.8 Å². The molecule has 2 aromatic rings. The van der Waals surface area contributed by atoms with Gasteiger partial charge < -0.3 is 15.4 Å². The van der Waals surface area contributed by atoms with Crippen LogP contribution in [0.15, 0.2) is 59.7 Å². The molecule has 1 saturated heterocycles. The minimum absolute atomic E-state index is 0.110. The topological polar surface area (TPSA) is 129 Å². The Bertz CT molecular complexity index is 1280. The highest BCUT2D eigenvalue weighted by Gasteiger charge is 2.54. The fourth-order valence-corrected chi connectivity index (χ4v) is 5.03. The first-order chi connectivity index (χ1) is 17.6. The summed E-state index contributed by atoms with van der Waals surface area (Å²) in [5.74, 6) is -1.58. The van der Waals surface area contributed by atoms with Crippen molar-refractivity contribution < 1.29 is 19.1 Å². The van der Waals surface area contributed by atoms with Gasteiger partial charge >= 0.3 is 0 Å². The Kier molecular flexibility index (Phi) is 7.03. The first-order valence-corrected chi connectivity index (χ1v) is 12.2. The van der Waals surface area contributed by atoms with Gasteiger partial charge in [-0.15, -0.1) is 0 Å². The van der Waals surface area contributed by atoms with Gasteiger partial charge in [0.1, 0.15) is 17.8 Å². The van der Waals surface area contributed by atoms with E-state index in [9.17, 15) is 19.6 Å². The van der Waals surface area contributed by atoms with E-state index in [2.05, 4.69) is 11.2 Å². The van der Waals surface area contributed by atoms with Crippen LogP contribution in [0.2, 0.25) is 0 Å². The van der Waals surface area contributed by atoms with Gasteiger partial charge in [0.15, 0.2) is 0 Å². The maximum atomic E-state index is 14.0. The van der Waals surface area contributed by atoms with Crippen LogP contribution in [0.3, 0.4) is 0 Å². The second kappa shape index (κ2) is 10.1.